The van der Waals surface area contributed by atoms with Crippen LogP contribution in [0.4, 0.5) is 0 Å². The van der Waals surface area contributed by atoms with E-state index in [2.05, 4.69) is 15.1 Å². The van der Waals surface area contributed by atoms with E-state index in [1.54, 1.807) is 22.0 Å². The predicted octanol–water partition coefficient (Wildman–Crippen LogP) is 0.616. The van der Waals surface area contributed by atoms with Crippen molar-refractivity contribution in [3.05, 3.63) is 46.4 Å². The van der Waals surface area contributed by atoms with Gasteiger partial charge in [0, 0.05) is 30.4 Å². The quantitative estimate of drug-likeness (QED) is 0.893. The summed E-state index contributed by atoms with van der Waals surface area (Å²) in [6, 6.07) is 3.31. The number of H-pyrrole nitrogens is 1. The smallest absolute Gasteiger partial charge is 0.254 e. The summed E-state index contributed by atoms with van der Waals surface area (Å²) < 4.78 is 1.75. The fraction of sp³-hybridized carbons (Fsp3) is 0.429. The van der Waals surface area contributed by atoms with Crippen LogP contribution in [0.3, 0.4) is 0 Å². The number of aromatic amines is 1. The summed E-state index contributed by atoms with van der Waals surface area (Å²) >= 11 is 0. The number of aryl methyl sites for hydroxylation is 1. The first-order chi connectivity index (χ1) is 10.2. The Morgan fingerprint density at radius 2 is 2.24 bits per heavy atom. The van der Waals surface area contributed by atoms with Gasteiger partial charge >= 0.3 is 0 Å². The predicted molar refractivity (Wildman–Crippen MR) is 76.0 cm³/mol. The minimum Gasteiger partial charge on any atom is -0.334 e. The topological polar surface area (TPSA) is 83.9 Å². The van der Waals surface area contributed by atoms with Crippen LogP contribution in [0.25, 0.3) is 0 Å². The maximum absolute atomic E-state index is 12.4. The third-order valence-electron chi connectivity index (χ3n) is 3.63. The zero-order chi connectivity index (χ0) is 14.8. The summed E-state index contributed by atoms with van der Waals surface area (Å²) in [6.07, 6.45) is 4.82. The molecule has 1 aliphatic rings. The second kappa shape index (κ2) is 5.51. The Morgan fingerprint density at radius 1 is 1.43 bits per heavy atom. The second-order valence-electron chi connectivity index (χ2n) is 5.25. The van der Waals surface area contributed by atoms with Crippen LogP contribution in [0.2, 0.25) is 0 Å². The zero-order valence-electron chi connectivity index (χ0n) is 11.8. The molecule has 110 valence electrons. The molecule has 3 heterocycles. The highest BCUT2D eigenvalue weighted by Gasteiger charge is 2.33. The van der Waals surface area contributed by atoms with Crippen LogP contribution in [0.1, 0.15) is 35.4 Å². The maximum atomic E-state index is 12.4. The van der Waals surface area contributed by atoms with Crippen molar-refractivity contribution in [3.8, 4) is 0 Å². The summed E-state index contributed by atoms with van der Waals surface area (Å²) in [5.74, 6) is -0.102. The first kappa shape index (κ1) is 13.5. The van der Waals surface area contributed by atoms with Gasteiger partial charge < -0.3 is 9.88 Å². The average molecular weight is 287 g/mol. The van der Waals surface area contributed by atoms with Gasteiger partial charge in [0.25, 0.3) is 5.91 Å². The number of likely N-dealkylation sites (tertiary alicyclic amines) is 1. The molecule has 2 aromatic heterocycles. The van der Waals surface area contributed by atoms with Crippen LogP contribution in [-0.2, 0) is 6.42 Å². The normalized spacial score (nSPS) is 15.0. The molecule has 0 aromatic carbocycles. The van der Waals surface area contributed by atoms with E-state index in [1.807, 2.05) is 6.92 Å². The molecule has 21 heavy (non-hydrogen) atoms. The number of nitrogens with zero attached hydrogens (tertiary/aromatic N) is 4. The monoisotopic (exact) mass is 287 g/mol. The number of pyridine rings is 1. The fourth-order valence-electron chi connectivity index (χ4n) is 2.51. The van der Waals surface area contributed by atoms with Crippen LogP contribution in [0.15, 0.2) is 29.6 Å². The number of hydrogen-bond acceptors (Lipinski definition) is 4. The van der Waals surface area contributed by atoms with E-state index in [-0.39, 0.29) is 17.5 Å². The van der Waals surface area contributed by atoms with Crippen LogP contribution >= 0.6 is 0 Å². The van der Waals surface area contributed by atoms with Gasteiger partial charge in [0.05, 0.1) is 6.04 Å². The molecule has 7 nitrogen and oxygen atoms in total. The zero-order valence-corrected chi connectivity index (χ0v) is 11.8. The molecule has 0 aliphatic carbocycles. The molecule has 0 atom stereocenters. The lowest BCUT2D eigenvalue weighted by molar-refractivity contribution is 0.0500. The van der Waals surface area contributed by atoms with E-state index in [1.165, 1.54) is 12.4 Å². The average Bonchev–Trinajstić information content (AvgIpc) is 2.90. The van der Waals surface area contributed by atoms with Gasteiger partial charge in [-0.25, -0.2) is 9.67 Å². The van der Waals surface area contributed by atoms with Gasteiger partial charge in [0.1, 0.15) is 12.7 Å². The Balaban J connectivity index is 1.71. The molecular weight excluding hydrogens is 270 g/mol. The molecule has 0 unspecified atom stereocenters. The van der Waals surface area contributed by atoms with E-state index < -0.39 is 0 Å². The SMILES string of the molecule is CCCc1cc(C(=O)N2CC(n3cncn3)C2)cc(=O)[nH]1. The van der Waals surface area contributed by atoms with Crippen molar-refractivity contribution in [1.29, 1.82) is 0 Å². The fourth-order valence-corrected chi connectivity index (χ4v) is 2.51. The first-order valence-electron chi connectivity index (χ1n) is 7.04. The first-order valence-corrected chi connectivity index (χ1v) is 7.04. The second-order valence-corrected chi connectivity index (χ2v) is 5.25. The Kier molecular flexibility index (Phi) is 3.55. The summed E-state index contributed by atoms with van der Waals surface area (Å²) in [4.78, 5) is 32.4. The summed E-state index contributed by atoms with van der Waals surface area (Å²) in [7, 11) is 0. The molecule has 1 fully saturated rings. The van der Waals surface area contributed by atoms with Gasteiger partial charge in [-0.2, -0.15) is 5.10 Å². The van der Waals surface area contributed by atoms with Crippen molar-refractivity contribution in [2.75, 3.05) is 13.1 Å². The lowest BCUT2D eigenvalue weighted by atomic mass is 10.1. The Labute approximate surface area is 121 Å². The third-order valence-corrected chi connectivity index (χ3v) is 3.63. The molecular formula is C14H17N5O2. The molecule has 0 saturated carbocycles. The van der Waals surface area contributed by atoms with Crippen molar-refractivity contribution in [2.24, 2.45) is 0 Å². The maximum Gasteiger partial charge on any atom is 0.254 e. The van der Waals surface area contributed by atoms with E-state index in [0.717, 1.165) is 18.5 Å². The third kappa shape index (κ3) is 2.72. The van der Waals surface area contributed by atoms with Gasteiger partial charge in [-0.3, -0.25) is 9.59 Å². The van der Waals surface area contributed by atoms with Crippen LogP contribution < -0.4 is 5.56 Å². The lowest BCUT2D eigenvalue weighted by Crippen LogP contribution is -2.51. The number of amides is 1. The standard InChI is InChI=1S/C14H17N5O2/c1-2-3-11-4-10(5-13(20)17-11)14(21)18-6-12(7-18)19-9-15-8-16-19/h4-5,8-9,12H,2-3,6-7H2,1H3,(H,17,20). The summed E-state index contributed by atoms with van der Waals surface area (Å²) in [6.45, 7) is 3.22. The molecule has 0 spiro atoms. The van der Waals surface area contributed by atoms with Gasteiger partial charge in [-0.05, 0) is 12.5 Å². The number of carbonyl (C=O) groups is 1. The molecule has 2 aromatic rings. The summed E-state index contributed by atoms with van der Waals surface area (Å²) in [5, 5.41) is 4.07. The van der Waals surface area contributed by atoms with E-state index in [0.29, 0.717) is 18.7 Å². The minimum absolute atomic E-state index is 0.102. The van der Waals surface area contributed by atoms with Crippen LogP contribution in [0.5, 0.6) is 0 Å². The molecule has 3 rings (SSSR count). The largest absolute Gasteiger partial charge is 0.334 e. The highest BCUT2D eigenvalue weighted by atomic mass is 16.2. The van der Waals surface area contributed by atoms with Gasteiger partial charge in [-0.15, -0.1) is 0 Å². The molecule has 1 saturated heterocycles. The van der Waals surface area contributed by atoms with Crippen molar-refractivity contribution in [3.63, 3.8) is 0 Å². The van der Waals surface area contributed by atoms with Crippen molar-refractivity contribution >= 4 is 5.91 Å². The van der Waals surface area contributed by atoms with E-state index >= 15 is 0 Å². The van der Waals surface area contributed by atoms with Crippen molar-refractivity contribution < 1.29 is 4.79 Å². The van der Waals surface area contributed by atoms with Crippen molar-refractivity contribution in [1.82, 2.24) is 24.6 Å². The van der Waals surface area contributed by atoms with Crippen LogP contribution in [-0.4, -0.2) is 43.6 Å². The molecule has 1 N–H and O–H groups in total. The number of rotatable bonds is 4. The Bertz CT molecular complexity index is 686. The molecule has 7 heteroatoms. The molecule has 0 radical (unpaired) electrons. The minimum atomic E-state index is -0.224. The van der Waals surface area contributed by atoms with Gasteiger partial charge in [0.2, 0.25) is 5.56 Å². The highest BCUT2D eigenvalue weighted by molar-refractivity contribution is 5.94. The number of carbonyl (C=O) groups excluding carboxylic acids is 1. The molecule has 0 bridgehead atoms. The summed E-state index contributed by atoms with van der Waals surface area (Å²) in [5.41, 5.74) is 1.04. The van der Waals surface area contributed by atoms with E-state index in [4.69, 9.17) is 0 Å². The lowest BCUT2D eigenvalue weighted by Gasteiger charge is -2.38. The molecule has 1 aliphatic heterocycles. The Hall–Kier alpha value is -2.44. The van der Waals surface area contributed by atoms with Gasteiger partial charge in [0.15, 0.2) is 0 Å². The number of nitrogens with one attached hydrogen (secondary N) is 1. The van der Waals surface area contributed by atoms with Gasteiger partial charge in [-0.1, -0.05) is 13.3 Å². The van der Waals surface area contributed by atoms with Crippen molar-refractivity contribution in [2.45, 2.75) is 25.8 Å². The Morgan fingerprint density at radius 3 is 2.90 bits per heavy atom. The number of aromatic nitrogens is 4. The molecule has 1 amide bonds. The number of hydrogen-bond donors (Lipinski definition) is 1. The van der Waals surface area contributed by atoms with Crippen LogP contribution in [0, 0.1) is 0 Å². The highest BCUT2D eigenvalue weighted by Crippen LogP contribution is 2.21. The van der Waals surface area contributed by atoms with E-state index in [9.17, 15) is 9.59 Å².